The van der Waals surface area contributed by atoms with Crippen molar-refractivity contribution in [1.82, 2.24) is 4.98 Å². The third-order valence-electron chi connectivity index (χ3n) is 2.45. The third kappa shape index (κ3) is 3.20. The summed E-state index contributed by atoms with van der Waals surface area (Å²) in [5.74, 6) is 0. The molecular weight excluding hydrogens is 230 g/mol. The van der Waals surface area contributed by atoms with Crippen molar-refractivity contribution in [2.24, 2.45) is 0 Å². The zero-order chi connectivity index (χ0) is 12.3. The first-order valence-electron chi connectivity index (χ1n) is 5.57. The van der Waals surface area contributed by atoms with Crippen LogP contribution in [0.15, 0.2) is 29.6 Å². The van der Waals surface area contributed by atoms with Crippen molar-refractivity contribution in [3.05, 3.63) is 40.9 Å². The lowest BCUT2D eigenvalue weighted by Crippen LogP contribution is -2.08. The molecule has 0 atom stereocenters. The minimum atomic E-state index is 0.771. The summed E-state index contributed by atoms with van der Waals surface area (Å²) in [7, 11) is 4.02. The van der Waals surface area contributed by atoms with Gasteiger partial charge in [0.05, 0.1) is 12.2 Å². The standard InChI is InChI=1S/C13H17N3S/c1-10-4-6-11(7-5-10)14-8-12-9-17-13(15-12)16(2)3/h4-7,9,14H,8H2,1-3H3. The van der Waals surface area contributed by atoms with Gasteiger partial charge in [-0.1, -0.05) is 17.7 Å². The lowest BCUT2D eigenvalue weighted by molar-refractivity contribution is 1.03. The van der Waals surface area contributed by atoms with Gasteiger partial charge in [-0.2, -0.15) is 0 Å². The van der Waals surface area contributed by atoms with Crippen molar-refractivity contribution in [2.45, 2.75) is 13.5 Å². The molecule has 17 heavy (non-hydrogen) atoms. The molecule has 0 aliphatic carbocycles. The van der Waals surface area contributed by atoms with Crippen LogP contribution in [-0.4, -0.2) is 19.1 Å². The van der Waals surface area contributed by atoms with Gasteiger partial charge in [-0.05, 0) is 19.1 Å². The van der Waals surface area contributed by atoms with Gasteiger partial charge in [0.1, 0.15) is 0 Å². The van der Waals surface area contributed by atoms with Crippen molar-refractivity contribution < 1.29 is 0 Å². The molecule has 1 aromatic carbocycles. The Labute approximate surface area is 106 Å². The predicted molar refractivity (Wildman–Crippen MR) is 74.9 cm³/mol. The van der Waals surface area contributed by atoms with Crippen LogP contribution in [0.3, 0.4) is 0 Å². The number of hydrogen-bond donors (Lipinski definition) is 1. The quantitative estimate of drug-likeness (QED) is 0.899. The molecule has 3 nitrogen and oxygen atoms in total. The van der Waals surface area contributed by atoms with E-state index in [9.17, 15) is 0 Å². The molecule has 0 spiro atoms. The van der Waals surface area contributed by atoms with Gasteiger partial charge in [-0.25, -0.2) is 4.98 Å². The van der Waals surface area contributed by atoms with Crippen LogP contribution in [0.1, 0.15) is 11.3 Å². The molecule has 4 heteroatoms. The topological polar surface area (TPSA) is 28.2 Å². The molecule has 1 heterocycles. The van der Waals surface area contributed by atoms with Crippen molar-refractivity contribution >= 4 is 22.2 Å². The Kier molecular flexibility index (Phi) is 3.64. The second kappa shape index (κ2) is 5.19. The SMILES string of the molecule is Cc1ccc(NCc2csc(N(C)C)n2)cc1. The van der Waals surface area contributed by atoms with Crippen LogP contribution < -0.4 is 10.2 Å². The molecule has 90 valence electrons. The van der Waals surface area contributed by atoms with Crippen molar-refractivity contribution in [1.29, 1.82) is 0 Å². The highest BCUT2D eigenvalue weighted by atomic mass is 32.1. The number of thiazole rings is 1. The highest BCUT2D eigenvalue weighted by Gasteiger charge is 2.02. The fourth-order valence-corrected chi connectivity index (χ4v) is 2.21. The van der Waals surface area contributed by atoms with Gasteiger partial charge in [-0.15, -0.1) is 11.3 Å². The summed E-state index contributed by atoms with van der Waals surface area (Å²) in [4.78, 5) is 6.55. The minimum Gasteiger partial charge on any atom is -0.379 e. The van der Waals surface area contributed by atoms with E-state index >= 15 is 0 Å². The second-order valence-electron chi connectivity index (χ2n) is 4.24. The molecule has 0 fully saturated rings. The maximum absolute atomic E-state index is 4.52. The highest BCUT2D eigenvalue weighted by Crippen LogP contribution is 2.18. The van der Waals surface area contributed by atoms with Crippen LogP contribution in [0.4, 0.5) is 10.8 Å². The maximum atomic E-state index is 4.52. The Balaban J connectivity index is 1.95. The number of aromatic nitrogens is 1. The molecule has 0 saturated carbocycles. The number of anilines is 2. The molecule has 0 saturated heterocycles. The van der Waals surface area contributed by atoms with E-state index in [-0.39, 0.29) is 0 Å². The Morgan fingerprint density at radius 1 is 1.24 bits per heavy atom. The van der Waals surface area contributed by atoms with E-state index in [0.717, 1.165) is 23.1 Å². The first-order valence-corrected chi connectivity index (χ1v) is 6.45. The molecule has 0 aliphatic heterocycles. The van der Waals surface area contributed by atoms with Crippen molar-refractivity contribution in [2.75, 3.05) is 24.3 Å². The summed E-state index contributed by atoms with van der Waals surface area (Å²) in [6.45, 7) is 2.86. The summed E-state index contributed by atoms with van der Waals surface area (Å²) in [6, 6.07) is 8.40. The summed E-state index contributed by atoms with van der Waals surface area (Å²) in [5, 5.41) is 6.51. The van der Waals surface area contributed by atoms with Gasteiger partial charge in [-0.3, -0.25) is 0 Å². The van der Waals surface area contributed by atoms with Crippen LogP contribution in [0.25, 0.3) is 0 Å². The van der Waals surface area contributed by atoms with Gasteiger partial charge in [0, 0.05) is 25.2 Å². The number of benzene rings is 1. The number of hydrogen-bond acceptors (Lipinski definition) is 4. The zero-order valence-corrected chi connectivity index (χ0v) is 11.2. The van der Waals surface area contributed by atoms with Crippen LogP contribution in [-0.2, 0) is 6.54 Å². The Bertz CT molecular complexity index is 474. The van der Waals surface area contributed by atoms with Gasteiger partial charge in [0.25, 0.3) is 0 Å². The Hall–Kier alpha value is -1.55. The molecule has 2 aromatic rings. The third-order valence-corrected chi connectivity index (χ3v) is 3.50. The summed E-state index contributed by atoms with van der Waals surface area (Å²) >= 11 is 1.67. The number of aryl methyl sites for hydroxylation is 1. The molecule has 2 rings (SSSR count). The normalized spacial score (nSPS) is 10.3. The molecule has 0 bridgehead atoms. The first kappa shape index (κ1) is 11.9. The molecule has 0 amide bonds. The van der Waals surface area contributed by atoms with Crippen LogP contribution >= 0.6 is 11.3 Å². The Morgan fingerprint density at radius 2 is 1.94 bits per heavy atom. The van der Waals surface area contributed by atoms with Gasteiger partial charge in [0.15, 0.2) is 5.13 Å². The number of rotatable bonds is 4. The average Bonchev–Trinajstić information content (AvgIpc) is 2.77. The molecular formula is C13H17N3S. The zero-order valence-electron chi connectivity index (χ0n) is 10.4. The molecule has 1 aromatic heterocycles. The predicted octanol–water partition coefficient (Wildman–Crippen LogP) is 3.13. The molecule has 1 N–H and O–H groups in total. The fourth-order valence-electron chi connectivity index (χ4n) is 1.45. The van der Waals surface area contributed by atoms with E-state index in [4.69, 9.17) is 0 Å². The van der Waals surface area contributed by atoms with Crippen molar-refractivity contribution in [3.63, 3.8) is 0 Å². The van der Waals surface area contributed by atoms with Gasteiger partial charge < -0.3 is 10.2 Å². The first-order chi connectivity index (χ1) is 8.15. The van der Waals surface area contributed by atoms with E-state index < -0.39 is 0 Å². The number of nitrogens with one attached hydrogen (secondary N) is 1. The van der Waals surface area contributed by atoms with Crippen LogP contribution in [0.2, 0.25) is 0 Å². The minimum absolute atomic E-state index is 0.771. The Morgan fingerprint density at radius 3 is 2.53 bits per heavy atom. The lowest BCUT2D eigenvalue weighted by atomic mass is 10.2. The summed E-state index contributed by atoms with van der Waals surface area (Å²) in [6.07, 6.45) is 0. The number of nitrogens with zero attached hydrogens (tertiary/aromatic N) is 2. The van der Waals surface area contributed by atoms with E-state index in [1.165, 1.54) is 5.56 Å². The highest BCUT2D eigenvalue weighted by molar-refractivity contribution is 7.13. The van der Waals surface area contributed by atoms with E-state index in [0.29, 0.717) is 0 Å². The van der Waals surface area contributed by atoms with Crippen LogP contribution in [0, 0.1) is 6.92 Å². The van der Waals surface area contributed by atoms with Gasteiger partial charge >= 0.3 is 0 Å². The largest absolute Gasteiger partial charge is 0.379 e. The van der Waals surface area contributed by atoms with Gasteiger partial charge in [0.2, 0.25) is 0 Å². The van der Waals surface area contributed by atoms with E-state index in [2.05, 4.69) is 46.9 Å². The maximum Gasteiger partial charge on any atom is 0.185 e. The molecule has 0 radical (unpaired) electrons. The summed E-state index contributed by atoms with van der Waals surface area (Å²) < 4.78 is 0. The summed E-state index contributed by atoms with van der Waals surface area (Å²) in [5.41, 5.74) is 3.49. The smallest absolute Gasteiger partial charge is 0.185 e. The van der Waals surface area contributed by atoms with Crippen LogP contribution in [0.5, 0.6) is 0 Å². The lowest BCUT2D eigenvalue weighted by Gasteiger charge is -2.06. The second-order valence-corrected chi connectivity index (χ2v) is 5.07. The monoisotopic (exact) mass is 247 g/mol. The molecule has 0 unspecified atom stereocenters. The van der Waals surface area contributed by atoms with E-state index in [1.807, 2.05) is 19.0 Å². The molecule has 0 aliphatic rings. The van der Waals surface area contributed by atoms with E-state index in [1.54, 1.807) is 11.3 Å². The van der Waals surface area contributed by atoms with Crippen molar-refractivity contribution in [3.8, 4) is 0 Å². The average molecular weight is 247 g/mol. The fraction of sp³-hybridized carbons (Fsp3) is 0.308.